The van der Waals surface area contributed by atoms with Crippen LogP contribution in [0.5, 0.6) is 5.75 Å². The molecule has 51 heavy (non-hydrogen) atoms. The van der Waals surface area contributed by atoms with Crippen LogP contribution in [-0.2, 0) is 48.9 Å². The van der Waals surface area contributed by atoms with Crippen molar-refractivity contribution in [2.45, 2.75) is 71.5 Å². The third-order valence-corrected chi connectivity index (χ3v) is 11.2. The van der Waals surface area contributed by atoms with Gasteiger partial charge in [-0.1, -0.05) is 36.4 Å². The molecule has 3 aliphatic heterocycles. The number of rotatable bonds is 9. The summed E-state index contributed by atoms with van der Waals surface area (Å²) in [7, 11) is 1.84. The van der Waals surface area contributed by atoms with Gasteiger partial charge in [0.15, 0.2) is 0 Å². The molecule has 3 aliphatic rings. The standard InChI is InChI=1S/C42H47N3O6/c1-27-20-31-6-4-5-7-33(31)26-45(27)41(47)38-23-34-25-44(16-12-32(34)22-37(38)39-24-36(42(48)49)28(2)43(39)3)40(46)21-30-8-10-35(11-9-30)51-19-15-29-13-17-50-18-14-29/h4-11,22-24,27,29H,12-21,25-26H2,1-3H3,(H,48,49)/t27-/m1/s1. The van der Waals surface area contributed by atoms with Crippen LogP contribution in [0.25, 0.3) is 11.3 Å². The van der Waals surface area contributed by atoms with Crippen LogP contribution in [0.1, 0.15) is 80.4 Å². The van der Waals surface area contributed by atoms with Crippen LogP contribution in [0.15, 0.2) is 66.7 Å². The lowest BCUT2D eigenvalue weighted by Crippen LogP contribution is -2.43. The maximum Gasteiger partial charge on any atom is 0.337 e. The molecule has 9 nitrogen and oxygen atoms in total. The van der Waals surface area contributed by atoms with Crippen LogP contribution in [-0.4, -0.2) is 69.7 Å². The van der Waals surface area contributed by atoms with E-state index < -0.39 is 5.97 Å². The summed E-state index contributed by atoms with van der Waals surface area (Å²) < 4.78 is 13.3. The van der Waals surface area contributed by atoms with Crippen molar-refractivity contribution in [3.63, 3.8) is 0 Å². The zero-order valence-corrected chi connectivity index (χ0v) is 29.8. The van der Waals surface area contributed by atoms with Gasteiger partial charge in [-0.2, -0.15) is 0 Å². The number of carboxylic acids is 1. The number of aromatic nitrogens is 1. The molecule has 0 saturated carbocycles. The van der Waals surface area contributed by atoms with Crippen LogP contribution in [0.2, 0.25) is 0 Å². The first kappa shape index (κ1) is 34.6. The van der Waals surface area contributed by atoms with Gasteiger partial charge in [-0.25, -0.2) is 4.79 Å². The summed E-state index contributed by atoms with van der Waals surface area (Å²) in [5.41, 5.74) is 8.12. The number of aromatic carboxylic acids is 1. The van der Waals surface area contributed by atoms with Crippen molar-refractivity contribution in [2.24, 2.45) is 13.0 Å². The van der Waals surface area contributed by atoms with Crippen LogP contribution >= 0.6 is 0 Å². The fourth-order valence-electron chi connectivity index (χ4n) is 7.86. The molecular formula is C42H47N3O6. The van der Waals surface area contributed by atoms with E-state index in [9.17, 15) is 19.5 Å². The molecule has 3 aromatic carbocycles. The van der Waals surface area contributed by atoms with Crippen LogP contribution < -0.4 is 4.74 Å². The SMILES string of the molecule is Cc1c(C(=O)O)cc(-c2cc3c(cc2C(=O)N2Cc4ccccc4C[C@H]2C)CN(C(=O)Cc2ccc(OCCC4CCOCC4)cc2)CC3)n1C. The second-order valence-electron chi connectivity index (χ2n) is 14.4. The lowest BCUT2D eigenvalue weighted by Gasteiger charge is -2.36. The molecule has 2 amide bonds. The Labute approximate surface area is 299 Å². The van der Waals surface area contributed by atoms with Crippen LogP contribution in [0.4, 0.5) is 0 Å². The second kappa shape index (κ2) is 14.8. The van der Waals surface area contributed by atoms with E-state index in [4.69, 9.17) is 9.47 Å². The number of carboxylic acid groups (broad SMARTS) is 1. The summed E-state index contributed by atoms with van der Waals surface area (Å²) >= 11 is 0. The van der Waals surface area contributed by atoms with E-state index in [1.54, 1.807) is 13.0 Å². The monoisotopic (exact) mass is 689 g/mol. The van der Waals surface area contributed by atoms with Crippen molar-refractivity contribution in [1.29, 1.82) is 0 Å². The Bertz CT molecular complexity index is 1940. The minimum absolute atomic E-state index is 0.0112. The summed E-state index contributed by atoms with van der Waals surface area (Å²) in [5.74, 6) is 0.418. The topological polar surface area (TPSA) is 101 Å². The summed E-state index contributed by atoms with van der Waals surface area (Å²) in [6.45, 7) is 7.70. The Balaban J connectivity index is 1.10. The molecule has 1 N–H and O–H groups in total. The van der Waals surface area contributed by atoms with E-state index in [0.29, 0.717) is 55.5 Å². The lowest BCUT2D eigenvalue weighted by molar-refractivity contribution is -0.131. The molecule has 0 spiro atoms. The molecular weight excluding hydrogens is 642 g/mol. The van der Waals surface area contributed by atoms with Gasteiger partial charge < -0.3 is 28.9 Å². The Hall–Kier alpha value is -4.89. The Morgan fingerprint density at radius 3 is 2.37 bits per heavy atom. The number of benzene rings is 3. The van der Waals surface area contributed by atoms with E-state index >= 15 is 0 Å². The predicted octanol–water partition coefficient (Wildman–Crippen LogP) is 6.61. The number of carbonyl (C=O) groups excluding carboxylic acids is 2. The molecule has 1 aromatic heterocycles. The number of amides is 2. The Kier molecular flexibility index (Phi) is 10.0. The highest BCUT2D eigenvalue weighted by atomic mass is 16.5. The first-order chi connectivity index (χ1) is 24.7. The molecule has 4 aromatic rings. The second-order valence-corrected chi connectivity index (χ2v) is 14.4. The number of ether oxygens (including phenoxy) is 2. The zero-order chi connectivity index (χ0) is 35.6. The van der Waals surface area contributed by atoms with Crippen molar-refractivity contribution in [3.05, 3.63) is 111 Å². The molecule has 266 valence electrons. The number of fused-ring (bicyclic) bond motifs is 2. The zero-order valence-electron chi connectivity index (χ0n) is 29.8. The number of carbonyl (C=O) groups is 3. The lowest BCUT2D eigenvalue weighted by atomic mass is 9.89. The summed E-state index contributed by atoms with van der Waals surface area (Å²) in [5, 5.41) is 9.90. The molecule has 7 rings (SSSR count). The minimum Gasteiger partial charge on any atom is -0.494 e. The van der Waals surface area contributed by atoms with E-state index in [0.717, 1.165) is 72.5 Å². The molecule has 0 unspecified atom stereocenters. The summed E-state index contributed by atoms with van der Waals surface area (Å²) in [6, 6.07) is 21.7. The number of hydrogen-bond acceptors (Lipinski definition) is 5. The molecule has 0 aliphatic carbocycles. The van der Waals surface area contributed by atoms with Gasteiger partial charge in [0.25, 0.3) is 5.91 Å². The predicted molar refractivity (Wildman–Crippen MR) is 195 cm³/mol. The van der Waals surface area contributed by atoms with Crippen LogP contribution in [0.3, 0.4) is 0 Å². The van der Waals surface area contributed by atoms with E-state index in [-0.39, 0.29) is 29.8 Å². The number of hydrogen-bond donors (Lipinski definition) is 1. The van der Waals surface area contributed by atoms with Gasteiger partial charge >= 0.3 is 5.97 Å². The fourth-order valence-corrected chi connectivity index (χ4v) is 7.86. The third-order valence-electron chi connectivity index (χ3n) is 11.2. The molecule has 4 heterocycles. The first-order valence-electron chi connectivity index (χ1n) is 18.2. The molecule has 0 radical (unpaired) electrons. The molecule has 9 heteroatoms. The van der Waals surface area contributed by atoms with Crippen molar-refractivity contribution < 1.29 is 29.0 Å². The average molecular weight is 690 g/mol. The Morgan fingerprint density at radius 1 is 0.902 bits per heavy atom. The van der Waals surface area contributed by atoms with Crippen LogP contribution in [0, 0.1) is 12.8 Å². The van der Waals surface area contributed by atoms with Crippen molar-refractivity contribution in [2.75, 3.05) is 26.4 Å². The Morgan fingerprint density at radius 2 is 1.65 bits per heavy atom. The highest BCUT2D eigenvalue weighted by Gasteiger charge is 2.32. The smallest absolute Gasteiger partial charge is 0.337 e. The average Bonchev–Trinajstić information content (AvgIpc) is 3.44. The van der Waals surface area contributed by atoms with Gasteiger partial charge in [-0.3, -0.25) is 9.59 Å². The molecule has 1 saturated heterocycles. The highest BCUT2D eigenvalue weighted by Crippen LogP contribution is 2.35. The van der Waals surface area contributed by atoms with Gasteiger partial charge in [-0.15, -0.1) is 0 Å². The summed E-state index contributed by atoms with van der Waals surface area (Å²) in [6.07, 6.45) is 4.90. The van der Waals surface area contributed by atoms with Gasteiger partial charge in [0.05, 0.1) is 18.6 Å². The van der Waals surface area contributed by atoms with Gasteiger partial charge in [0.2, 0.25) is 5.91 Å². The maximum atomic E-state index is 14.6. The fraction of sp³-hybridized carbons (Fsp3) is 0.405. The summed E-state index contributed by atoms with van der Waals surface area (Å²) in [4.78, 5) is 44.1. The van der Waals surface area contributed by atoms with Gasteiger partial charge in [0.1, 0.15) is 5.75 Å². The number of nitrogens with zero attached hydrogens (tertiary/aromatic N) is 3. The molecule has 1 atom stereocenters. The first-order valence-corrected chi connectivity index (χ1v) is 18.2. The largest absolute Gasteiger partial charge is 0.494 e. The molecule has 0 bridgehead atoms. The van der Waals surface area contributed by atoms with Crippen molar-refractivity contribution in [1.82, 2.24) is 14.4 Å². The van der Waals surface area contributed by atoms with Crippen molar-refractivity contribution in [3.8, 4) is 17.0 Å². The minimum atomic E-state index is -0.997. The van der Waals surface area contributed by atoms with E-state index in [1.165, 1.54) is 5.56 Å². The highest BCUT2D eigenvalue weighted by molar-refractivity contribution is 6.02. The van der Waals surface area contributed by atoms with Gasteiger partial charge in [-0.05, 0) is 110 Å². The van der Waals surface area contributed by atoms with Gasteiger partial charge in [0, 0.05) is 68.5 Å². The molecule has 1 fully saturated rings. The quantitative estimate of drug-likeness (QED) is 0.212. The van der Waals surface area contributed by atoms with E-state index in [2.05, 4.69) is 19.1 Å². The van der Waals surface area contributed by atoms with Crippen molar-refractivity contribution >= 4 is 17.8 Å². The maximum absolute atomic E-state index is 14.6. The van der Waals surface area contributed by atoms with E-state index in [1.807, 2.05) is 69.9 Å². The third kappa shape index (κ3) is 7.31. The normalized spacial score (nSPS) is 17.5.